The van der Waals surface area contributed by atoms with Crippen LogP contribution >= 0.6 is 0 Å². The van der Waals surface area contributed by atoms with Crippen molar-refractivity contribution in [2.45, 2.75) is 58.1 Å². The van der Waals surface area contributed by atoms with Gasteiger partial charge in [-0.3, -0.25) is 0 Å². The van der Waals surface area contributed by atoms with Gasteiger partial charge in [0, 0.05) is 18.8 Å². The van der Waals surface area contributed by atoms with E-state index in [0.29, 0.717) is 13.0 Å². The number of amides is 1. The molecule has 1 aliphatic heterocycles. The summed E-state index contributed by atoms with van der Waals surface area (Å²) in [4.78, 5) is 14.3. The zero-order chi connectivity index (χ0) is 17.6. The highest BCUT2D eigenvalue weighted by Gasteiger charge is 2.30. The summed E-state index contributed by atoms with van der Waals surface area (Å²) in [7, 11) is 0. The molecule has 24 heavy (non-hydrogen) atoms. The van der Waals surface area contributed by atoms with E-state index in [9.17, 15) is 4.79 Å². The SMILES string of the molecule is CC(C)(C)OC(=O)N1CCCCC1CNc1ccc(CC#N)cc1. The van der Waals surface area contributed by atoms with Gasteiger partial charge in [0.25, 0.3) is 0 Å². The van der Waals surface area contributed by atoms with Crippen molar-refractivity contribution in [2.24, 2.45) is 0 Å². The minimum atomic E-state index is -0.469. The molecule has 1 unspecified atom stereocenters. The smallest absolute Gasteiger partial charge is 0.410 e. The Balaban J connectivity index is 1.93. The molecule has 130 valence electrons. The number of likely N-dealkylation sites (tertiary alicyclic amines) is 1. The Kier molecular flexibility index (Phi) is 6.08. The van der Waals surface area contributed by atoms with Gasteiger partial charge in [0.05, 0.1) is 18.5 Å². The van der Waals surface area contributed by atoms with Crippen LogP contribution in [0.5, 0.6) is 0 Å². The molecule has 0 radical (unpaired) electrons. The van der Waals surface area contributed by atoms with Crippen molar-refractivity contribution in [1.29, 1.82) is 5.26 Å². The fourth-order valence-corrected chi connectivity index (χ4v) is 2.84. The lowest BCUT2D eigenvalue weighted by Gasteiger charge is -2.37. The number of carbonyl (C=O) groups is 1. The molecule has 1 saturated heterocycles. The van der Waals surface area contributed by atoms with Crippen molar-refractivity contribution in [3.63, 3.8) is 0 Å². The maximum atomic E-state index is 12.4. The summed E-state index contributed by atoms with van der Waals surface area (Å²) in [6, 6.07) is 10.2. The zero-order valence-corrected chi connectivity index (χ0v) is 14.8. The third kappa shape index (κ3) is 5.45. The molecule has 1 fully saturated rings. The van der Waals surface area contributed by atoms with Crippen LogP contribution in [-0.2, 0) is 11.2 Å². The van der Waals surface area contributed by atoms with Crippen LogP contribution < -0.4 is 5.32 Å². The van der Waals surface area contributed by atoms with Crippen molar-refractivity contribution >= 4 is 11.8 Å². The van der Waals surface area contributed by atoms with Crippen LogP contribution in [0.15, 0.2) is 24.3 Å². The average Bonchev–Trinajstić information content (AvgIpc) is 2.53. The second-order valence-corrected chi connectivity index (χ2v) is 7.24. The molecule has 5 nitrogen and oxygen atoms in total. The van der Waals surface area contributed by atoms with Gasteiger partial charge in [-0.25, -0.2) is 4.79 Å². The van der Waals surface area contributed by atoms with Crippen molar-refractivity contribution in [3.05, 3.63) is 29.8 Å². The summed E-state index contributed by atoms with van der Waals surface area (Å²) in [6.07, 6.45) is 3.35. The lowest BCUT2D eigenvalue weighted by Crippen LogP contribution is -2.48. The molecule has 0 spiro atoms. The first-order valence-electron chi connectivity index (χ1n) is 8.58. The first-order chi connectivity index (χ1) is 11.4. The summed E-state index contributed by atoms with van der Waals surface area (Å²) in [5.74, 6) is 0. The van der Waals surface area contributed by atoms with E-state index in [0.717, 1.165) is 37.1 Å². The number of carbonyl (C=O) groups excluding carboxylic acids is 1. The number of ether oxygens (including phenoxy) is 1. The maximum Gasteiger partial charge on any atom is 0.410 e. The summed E-state index contributed by atoms with van der Waals surface area (Å²) in [5.41, 5.74) is 1.55. The molecule has 1 heterocycles. The third-order valence-electron chi connectivity index (χ3n) is 4.03. The third-order valence-corrected chi connectivity index (χ3v) is 4.03. The lowest BCUT2D eigenvalue weighted by atomic mass is 10.0. The van der Waals surface area contributed by atoms with E-state index in [1.54, 1.807) is 0 Å². The summed E-state index contributed by atoms with van der Waals surface area (Å²) < 4.78 is 5.53. The van der Waals surface area contributed by atoms with Gasteiger partial charge in [0.1, 0.15) is 5.60 Å². The van der Waals surface area contributed by atoms with Gasteiger partial charge in [-0.15, -0.1) is 0 Å². The Labute approximate surface area is 144 Å². The van der Waals surface area contributed by atoms with Crippen molar-refractivity contribution in [2.75, 3.05) is 18.4 Å². The molecule has 1 aliphatic rings. The number of nitrogens with one attached hydrogen (secondary N) is 1. The lowest BCUT2D eigenvalue weighted by molar-refractivity contribution is 0.0114. The molecule has 1 atom stereocenters. The normalized spacial score (nSPS) is 17.9. The number of nitrogens with zero attached hydrogens (tertiary/aromatic N) is 2. The van der Waals surface area contributed by atoms with Crippen molar-refractivity contribution < 1.29 is 9.53 Å². The van der Waals surface area contributed by atoms with Crippen molar-refractivity contribution in [3.8, 4) is 6.07 Å². The maximum absolute atomic E-state index is 12.4. The first-order valence-corrected chi connectivity index (χ1v) is 8.58. The zero-order valence-electron chi connectivity index (χ0n) is 14.8. The molecule has 1 aromatic rings. The summed E-state index contributed by atoms with van der Waals surface area (Å²) >= 11 is 0. The monoisotopic (exact) mass is 329 g/mol. The predicted molar refractivity (Wildman–Crippen MR) is 94.8 cm³/mol. The fourth-order valence-electron chi connectivity index (χ4n) is 2.84. The van der Waals surface area contributed by atoms with Crippen LogP contribution in [0.1, 0.15) is 45.6 Å². The Hall–Kier alpha value is -2.22. The number of hydrogen-bond donors (Lipinski definition) is 1. The number of anilines is 1. The van der Waals surface area contributed by atoms with Gasteiger partial charge in [-0.05, 0) is 57.7 Å². The molecular formula is C19H27N3O2. The van der Waals surface area contributed by atoms with Crippen LogP contribution in [0.4, 0.5) is 10.5 Å². The Morgan fingerprint density at radius 3 is 2.67 bits per heavy atom. The number of rotatable bonds is 4. The molecule has 0 aliphatic carbocycles. The molecular weight excluding hydrogens is 302 g/mol. The van der Waals surface area contributed by atoms with Gasteiger partial charge < -0.3 is 15.0 Å². The number of nitriles is 1. The molecule has 2 rings (SSSR count). The second-order valence-electron chi connectivity index (χ2n) is 7.24. The van der Waals surface area contributed by atoms with Gasteiger partial charge in [-0.1, -0.05) is 12.1 Å². The number of piperidine rings is 1. The van der Waals surface area contributed by atoms with E-state index in [2.05, 4.69) is 11.4 Å². The molecule has 1 aromatic carbocycles. The quantitative estimate of drug-likeness (QED) is 0.908. The highest BCUT2D eigenvalue weighted by Crippen LogP contribution is 2.21. The van der Waals surface area contributed by atoms with Crippen LogP contribution in [-0.4, -0.2) is 35.7 Å². The minimum absolute atomic E-state index is 0.146. The number of benzene rings is 1. The highest BCUT2D eigenvalue weighted by atomic mass is 16.6. The second kappa shape index (κ2) is 8.05. The van der Waals surface area contributed by atoms with E-state index in [1.807, 2.05) is 49.9 Å². The summed E-state index contributed by atoms with van der Waals surface area (Å²) in [6.45, 7) is 7.14. The minimum Gasteiger partial charge on any atom is -0.444 e. The predicted octanol–water partition coefficient (Wildman–Crippen LogP) is 3.95. The van der Waals surface area contributed by atoms with Gasteiger partial charge in [-0.2, -0.15) is 5.26 Å². The van der Waals surface area contributed by atoms with Gasteiger partial charge >= 0.3 is 6.09 Å². The fraction of sp³-hybridized carbons (Fsp3) is 0.579. The van der Waals surface area contributed by atoms with Gasteiger partial charge in [0.2, 0.25) is 0 Å². The van der Waals surface area contributed by atoms with Crippen molar-refractivity contribution in [1.82, 2.24) is 4.90 Å². The van der Waals surface area contributed by atoms with Crippen LogP contribution in [0.2, 0.25) is 0 Å². The van der Waals surface area contributed by atoms with E-state index in [4.69, 9.17) is 10.00 Å². The largest absolute Gasteiger partial charge is 0.444 e. The molecule has 0 aromatic heterocycles. The highest BCUT2D eigenvalue weighted by molar-refractivity contribution is 5.68. The molecule has 1 N–H and O–H groups in total. The van der Waals surface area contributed by atoms with E-state index >= 15 is 0 Å². The molecule has 0 bridgehead atoms. The van der Waals surface area contributed by atoms with E-state index < -0.39 is 5.60 Å². The van der Waals surface area contributed by atoms with Crippen LogP contribution in [0.25, 0.3) is 0 Å². The Morgan fingerprint density at radius 2 is 2.04 bits per heavy atom. The van der Waals surface area contributed by atoms with E-state index in [-0.39, 0.29) is 12.1 Å². The van der Waals surface area contributed by atoms with Gasteiger partial charge in [0.15, 0.2) is 0 Å². The van der Waals surface area contributed by atoms with Crippen LogP contribution in [0, 0.1) is 11.3 Å². The van der Waals surface area contributed by atoms with Crippen LogP contribution in [0.3, 0.4) is 0 Å². The average molecular weight is 329 g/mol. The Morgan fingerprint density at radius 1 is 1.33 bits per heavy atom. The number of hydrogen-bond acceptors (Lipinski definition) is 4. The summed E-state index contributed by atoms with van der Waals surface area (Å²) in [5, 5.41) is 12.1. The standard InChI is InChI=1S/C19H27N3O2/c1-19(2,3)24-18(23)22-13-5-4-6-17(22)14-21-16-9-7-15(8-10-16)11-12-20/h7-10,17,21H,4-6,11,13-14H2,1-3H3. The topological polar surface area (TPSA) is 65.4 Å². The molecule has 5 heteroatoms. The molecule has 0 saturated carbocycles. The Bertz CT molecular complexity index is 584. The molecule has 1 amide bonds. The van der Waals surface area contributed by atoms with E-state index in [1.165, 1.54) is 0 Å². The first kappa shape index (κ1) is 18.1.